The van der Waals surface area contributed by atoms with Crippen molar-refractivity contribution in [2.24, 2.45) is 7.05 Å². The van der Waals surface area contributed by atoms with E-state index >= 15 is 0 Å². The van der Waals surface area contributed by atoms with Crippen LogP contribution in [0.5, 0.6) is 0 Å². The fourth-order valence-corrected chi connectivity index (χ4v) is 2.25. The SMILES string of the molecule is Cc1c(Cl)nc(C(C)(C)C)nc1N(C)Cc1cnn(C)c1. The van der Waals surface area contributed by atoms with E-state index in [1.165, 1.54) is 0 Å². The zero-order chi connectivity index (χ0) is 15.8. The maximum absolute atomic E-state index is 6.28. The zero-order valence-electron chi connectivity index (χ0n) is 13.5. The highest BCUT2D eigenvalue weighted by Gasteiger charge is 2.22. The van der Waals surface area contributed by atoms with Gasteiger partial charge in [-0.25, -0.2) is 9.97 Å². The summed E-state index contributed by atoms with van der Waals surface area (Å²) in [5, 5.41) is 4.71. The van der Waals surface area contributed by atoms with Gasteiger partial charge in [-0.1, -0.05) is 32.4 Å². The summed E-state index contributed by atoms with van der Waals surface area (Å²) in [6.07, 6.45) is 3.86. The van der Waals surface area contributed by atoms with E-state index in [4.69, 9.17) is 16.6 Å². The van der Waals surface area contributed by atoms with Gasteiger partial charge >= 0.3 is 0 Å². The van der Waals surface area contributed by atoms with Gasteiger partial charge in [0.25, 0.3) is 0 Å². The summed E-state index contributed by atoms with van der Waals surface area (Å²) in [4.78, 5) is 11.2. The molecule has 2 rings (SSSR count). The van der Waals surface area contributed by atoms with Gasteiger partial charge in [0.15, 0.2) is 0 Å². The van der Waals surface area contributed by atoms with Gasteiger partial charge in [0.1, 0.15) is 16.8 Å². The van der Waals surface area contributed by atoms with Crippen LogP contribution in [0, 0.1) is 6.92 Å². The van der Waals surface area contributed by atoms with Crippen molar-refractivity contribution < 1.29 is 0 Å². The van der Waals surface area contributed by atoms with E-state index in [1.807, 2.05) is 33.4 Å². The Hall–Kier alpha value is -1.62. The van der Waals surface area contributed by atoms with Gasteiger partial charge in [-0.3, -0.25) is 4.68 Å². The van der Waals surface area contributed by atoms with Crippen LogP contribution in [-0.2, 0) is 19.0 Å². The average molecular weight is 308 g/mol. The standard InChI is InChI=1S/C15H22ClN5/c1-10-12(16)18-14(15(2,3)4)19-13(10)20(5)8-11-7-17-21(6)9-11/h7,9H,8H2,1-6H3. The second kappa shape index (κ2) is 5.64. The Morgan fingerprint density at radius 2 is 1.95 bits per heavy atom. The molecular formula is C15H22ClN5. The van der Waals surface area contributed by atoms with Crippen LogP contribution < -0.4 is 4.90 Å². The van der Waals surface area contributed by atoms with Crippen LogP contribution in [0.25, 0.3) is 0 Å². The predicted molar refractivity (Wildman–Crippen MR) is 85.8 cm³/mol. The monoisotopic (exact) mass is 307 g/mol. The molecule has 0 fully saturated rings. The first-order valence-electron chi connectivity index (χ1n) is 6.91. The summed E-state index contributed by atoms with van der Waals surface area (Å²) < 4.78 is 1.80. The molecule has 21 heavy (non-hydrogen) atoms. The topological polar surface area (TPSA) is 46.8 Å². The molecule has 0 aromatic carbocycles. The van der Waals surface area contributed by atoms with Gasteiger partial charge in [0.05, 0.1) is 6.20 Å². The van der Waals surface area contributed by atoms with Crippen molar-refractivity contribution in [2.75, 3.05) is 11.9 Å². The van der Waals surface area contributed by atoms with Gasteiger partial charge in [-0.2, -0.15) is 5.10 Å². The molecule has 2 heterocycles. The van der Waals surface area contributed by atoms with Crippen LogP contribution in [0.1, 0.15) is 37.7 Å². The molecule has 2 aromatic rings. The van der Waals surface area contributed by atoms with Gasteiger partial charge < -0.3 is 4.90 Å². The number of rotatable bonds is 3. The van der Waals surface area contributed by atoms with Gasteiger partial charge in [-0.15, -0.1) is 0 Å². The Balaban J connectivity index is 2.35. The van der Waals surface area contributed by atoms with Crippen molar-refractivity contribution in [3.63, 3.8) is 0 Å². The molecule has 0 N–H and O–H groups in total. The maximum Gasteiger partial charge on any atom is 0.137 e. The second-order valence-corrected chi connectivity index (χ2v) is 6.77. The average Bonchev–Trinajstić information content (AvgIpc) is 2.76. The normalized spacial score (nSPS) is 11.8. The van der Waals surface area contributed by atoms with E-state index in [9.17, 15) is 0 Å². The lowest BCUT2D eigenvalue weighted by atomic mass is 9.95. The van der Waals surface area contributed by atoms with E-state index < -0.39 is 0 Å². The molecular weight excluding hydrogens is 286 g/mol. The fourth-order valence-electron chi connectivity index (χ4n) is 2.09. The van der Waals surface area contributed by atoms with E-state index in [2.05, 4.69) is 35.8 Å². The lowest BCUT2D eigenvalue weighted by Gasteiger charge is -2.24. The first-order chi connectivity index (χ1) is 9.68. The maximum atomic E-state index is 6.28. The van der Waals surface area contributed by atoms with Crippen LogP contribution in [0.4, 0.5) is 5.82 Å². The Kier molecular flexibility index (Phi) is 4.23. The van der Waals surface area contributed by atoms with Crippen molar-refractivity contribution in [3.05, 3.63) is 34.5 Å². The molecule has 0 unspecified atom stereocenters. The Morgan fingerprint density at radius 1 is 1.29 bits per heavy atom. The highest BCUT2D eigenvalue weighted by Crippen LogP contribution is 2.28. The Labute approximate surface area is 131 Å². The molecule has 6 heteroatoms. The molecule has 0 aliphatic rings. The molecule has 0 saturated carbocycles. The quantitative estimate of drug-likeness (QED) is 0.818. The smallest absolute Gasteiger partial charge is 0.137 e. The second-order valence-electron chi connectivity index (χ2n) is 6.41. The van der Waals surface area contributed by atoms with Crippen molar-refractivity contribution in [1.29, 1.82) is 0 Å². The third kappa shape index (κ3) is 3.53. The fraction of sp³-hybridized carbons (Fsp3) is 0.533. The van der Waals surface area contributed by atoms with Crippen molar-refractivity contribution in [3.8, 4) is 0 Å². The van der Waals surface area contributed by atoms with Crippen LogP contribution in [-0.4, -0.2) is 26.8 Å². The van der Waals surface area contributed by atoms with E-state index in [0.29, 0.717) is 5.15 Å². The molecule has 5 nitrogen and oxygen atoms in total. The van der Waals surface area contributed by atoms with Crippen LogP contribution in [0.3, 0.4) is 0 Å². The third-order valence-electron chi connectivity index (χ3n) is 3.27. The summed E-state index contributed by atoms with van der Waals surface area (Å²) in [6, 6.07) is 0. The third-order valence-corrected chi connectivity index (χ3v) is 3.64. The molecule has 0 aliphatic carbocycles. The molecule has 0 bridgehead atoms. The first-order valence-corrected chi connectivity index (χ1v) is 7.29. The predicted octanol–water partition coefficient (Wildman–Crippen LogP) is 3.11. The molecule has 0 amide bonds. The minimum atomic E-state index is -0.138. The van der Waals surface area contributed by atoms with Gasteiger partial charge in [0.2, 0.25) is 0 Å². The molecule has 0 atom stereocenters. The largest absolute Gasteiger partial charge is 0.355 e. The summed E-state index contributed by atoms with van der Waals surface area (Å²) >= 11 is 6.28. The van der Waals surface area contributed by atoms with E-state index in [0.717, 1.165) is 29.3 Å². The molecule has 0 aliphatic heterocycles. The number of hydrogen-bond donors (Lipinski definition) is 0. The van der Waals surface area contributed by atoms with Crippen molar-refractivity contribution in [2.45, 2.75) is 39.7 Å². The highest BCUT2D eigenvalue weighted by atomic mass is 35.5. The number of anilines is 1. The summed E-state index contributed by atoms with van der Waals surface area (Å²) in [5.41, 5.74) is 1.89. The summed E-state index contributed by atoms with van der Waals surface area (Å²) in [7, 11) is 3.92. The highest BCUT2D eigenvalue weighted by molar-refractivity contribution is 6.30. The molecule has 0 radical (unpaired) electrons. The number of halogens is 1. The van der Waals surface area contributed by atoms with E-state index in [-0.39, 0.29) is 5.41 Å². The van der Waals surface area contributed by atoms with Gasteiger partial charge in [0, 0.05) is 43.4 Å². The minimum absolute atomic E-state index is 0.138. The number of aromatic nitrogens is 4. The molecule has 0 saturated heterocycles. The van der Waals surface area contributed by atoms with Crippen LogP contribution >= 0.6 is 11.6 Å². The lowest BCUT2D eigenvalue weighted by Crippen LogP contribution is -2.23. The van der Waals surface area contributed by atoms with Crippen LogP contribution in [0.2, 0.25) is 5.15 Å². The Bertz CT molecular complexity index is 642. The lowest BCUT2D eigenvalue weighted by molar-refractivity contribution is 0.543. The number of nitrogens with zero attached hydrogens (tertiary/aromatic N) is 5. The van der Waals surface area contributed by atoms with Crippen LogP contribution in [0.15, 0.2) is 12.4 Å². The number of hydrogen-bond acceptors (Lipinski definition) is 4. The molecule has 114 valence electrons. The summed E-state index contributed by atoms with van der Waals surface area (Å²) in [5.74, 6) is 1.62. The Morgan fingerprint density at radius 3 is 2.48 bits per heavy atom. The summed E-state index contributed by atoms with van der Waals surface area (Å²) in [6.45, 7) is 8.92. The van der Waals surface area contributed by atoms with Gasteiger partial charge in [-0.05, 0) is 6.92 Å². The van der Waals surface area contributed by atoms with Crippen molar-refractivity contribution in [1.82, 2.24) is 19.7 Å². The van der Waals surface area contributed by atoms with E-state index in [1.54, 1.807) is 4.68 Å². The number of aryl methyl sites for hydroxylation is 1. The molecule has 0 spiro atoms. The zero-order valence-corrected chi connectivity index (χ0v) is 14.2. The molecule has 2 aromatic heterocycles. The minimum Gasteiger partial charge on any atom is -0.355 e. The first kappa shape index (κ1) is 15.8. The van der Waals surface area contributed by atoms with Crippen molar-refractivity contribution >= 4 is 17.4 Å².